The zero-order valence-corrected chi connectivity index (χ0v) is 14.7. The van der Waals surface area contributed by atoms with Crippen molar-refractivity contribution in [2.75, 3.05) is 13.1 Å². The van der Waals surface area contributed by atoms with Crippen LogP contribution in [-0.4, -0.2) is 27.9 Å². The first kappa shape index (κ1) is 16.2. The molecule has 0 aliphatic rings. The lowest BCUT2D eigenvalue weighted by Crippen LogP contribution is -2.21. The number of hydrogen-bond acceptors (Lipinski definition) is 3. The highest BCUT2D eigenvalue weighted by molar-refractivity contribution is 9.10. The first-order chi connectivity index (χ1) is 10.0. The van der Waals surface area contributed by atoms with Crippen LogP contribution in [0.3, 0.4) is 0 Å². The van der Waals surface area contributed by atoms with Crippen molar-refractivity contribution in [3.05, 3.63) is 39.8 Å². The van der Waals surface area contributed by atoms with Crippen LogP contribution >= 0.6 is 15.9 Å². The van der Waals surface area contributed by atoms with Crippen molar-refractivity contribution >= 4 is 15.9 Å². The van der Waals surface area contributed by atoms with Gasteiger partial charge in [-0.05, 0) is 60.8 Å². The third-order valence-electron chi connectivity index (χ3n) is 3.65. The maximum absolute atomic E-state index is 4.67. The van der Waals surface area contributed by atoms with Gasteiger partial charge in [0.15, 0.2) is 5.82 Å². The van der Waals surface area contributed by atoms with Gasteiger partial charge in [0.25, 0.3) is 0 Å². The highest BCUT2D eigenvalue weighted by Crippen LogP contribution is 2.24. The van der Waals surface area contributed by atoms with E-state index in [-0.39, 0.29) is 0 Å². The summed E-state index contributed by atoms with van der Waals surface area (Å²) in [5, 5.41) is 8.16. The molecule has 2 aromatic heterocycles. The Kier molecular flexibility index (Phi) is 5.53. The molecule has 0 spiro atoms. The molecule has 1 unspecified atom stereocenters. The summed E-state index contributed by atoms with van der Waals surface area (Å²) in [6.45, 7) is 10.7. The summed E-state index contributed by atoms with van der Waals surface area (Å²) in [6, 6.07) is 3.97. The van der Waals surface area contributed by atoms with Crippen molar-refractivity contribution in [2.45, 2.75) is 40.0 Å². The fraction of sp³-hybridized carbons (Fsp3) is 0.500. The summed E-state index contributed by atoms with van der Waals surface area (Å²) in [7, 11) is 0. The lowest BCUT2D eigenvalue weighted by atomic mass is 9.99. The molecule has 2 heterocycles. The van der Waals surface area contributed by atoms with Gasteiger partial charge in [0.2, 0.25) is 0 Å². The third kappa shape index (κ3) is 3.71. The molecular weight excluding hydrogens is 328 g/mol. The minimum absolute atomic E-state index is 0.445. The van der Waals surface area contributed by atoms with Crippen molar-refractivity contribution in [2.24, 2.45) is 0 Å². The number of halogens is 1. The van der Waals surface area contributed by atoms with Crippen LogP contribution in [0.4, 0.5) is 0 Å². The molecule has 0 bridgehead atoms. The smallest absolute Gasteiger partial charge is 0.153 e. The lowest BCUT2D eigenvalue weighted by molar-refractivity contribution is 0.605. The normalized spacial score (nSPS) is 12.6. The Morgan fingerprint density at radius 2 is 2.10 bits per heavy atom. The van der Waals surface area contributed by atoms with Gasteiger partial charge >= 0.3 is 0 Å². The van der Waals surface area contributed by atoms with Crippen molar-refractivity contribution in [1.82, 2.24) is 20.1 Å². The first-order valence-electron chi connectivity index (χ1n) is 7.43. The monoisotopic (exact) mass is 350 g/mol. The average Bonchev–Trinajstić information content (AvgIpc) is 2.75. The van der Waals surface area contributed by atoms with Gasteiger partial charge in [-0.1, -0.05) is 13.8 Å². The zero-order valence-electron chi connectivity index (χ0n) is 13.2. The summed E-state index contributed by atoms with van der Waals surface area (Å²) in [5.41, 5.74) is 3.58. The highest BCUT2D eigenvalue weighted by atomic mass is 79.9. The largest absolute Gasteiger partial charge is 0.316 e. The van der Waals surface area contributed by atoms with Crippen molar-refractivity contribution < 1.29 is 0 Å². The van der Waals surface area contributed by atoms with Crippen LogP contribution in [0.5, 0.6) is 0 Å². The molecule has 2 aromatic rings. The summed E-state index contributed by atoms with van der Waals surface area (Å²) in [4.78, 5) is 4.44. The molecule has 1 atom stereocenters. The second-order valence-corrected chi connectivity index (χ2v) is 6.35. The van der Waals surface area contributed by atoms with E-state index in [0.717, 1.165) is 35.5 Å². The third-order valence-corrected chi connectivity index (χ3v) is 4.12. The second-order valence-electron chi connectivity index (χ2n) is 5.44. The van der Waals surface area contributed by atoms with E-state index in [1.165, 1.54) is 11.3 Å². The average molecular weight is 351 g/mol. The zero-order chi connectivity index (χ0) is 15.4. The van der Waals surface area contributed by atoms with Gasteiger partial charge in [-0.25, -0.2) is 9.67 Å². The molecule has 21 heavy (non-hydrogen) atoms. The van der Waals surface area contributed by atoms with Crippen molar-refractivity contribution in [3.8, 4) is 5.82 Å². The van der Waals surface area contributed by atoms with E-state index >= 15 is 0 Å². The fourth-order valence-electron chi connectivity index (χ4n) is 2.68. The predicted molar refractivity (Wildman–Crippen MR) is 90.1 cm³/mol. The van der Waals surface area contributed by atoms with Crippen LogP contribution in [0.15, 0.2) is 22.8 Å². The minimum atomic E-state index is 0.445. The minimum Gasteiger partial charge on any atom is -0.316 e. The molecule has 0 amide bonds. The molecule has 5 heteroatoms. The Hall–Kier alpha value is -1.20. The molecule has 0 aliphatic carbocycles. The van der Waals surface area contributed by atoms with E-state index in [2.05, 4.69) is 59.0 Å². The van der Waals surface area contributed by atoms with Gasteiger partial charge < -0.3 is 5.32 Å². The number of rotatable bonds is 6. The topological polar surface area (TPSA) is 42.7 Å². The van der Waals surface area contributed by atoms with Crippen LogP contribution in [0.25, 0.3) is 5.82 Å². The Balaban J connectivity index is 2.26. The molecule has 0 saturated heterocycles. The predicted octanol–water partition coefficient (Wildman–Crippen LogP) is 3.75. The fourth-order valence-corrected chi connectivity index (χ4v) is 2.92. The van der Waals surface area contributed by atoms with Crippen LogP contribution in [0, 0.1) is 13.8 Å². The highest BCUT2D eigenvalue weighted by Gasteiger charge is 2.18. The van der Waals surface area contributed by atoms with Gasteiger partial charge in [0.05, 0.1) is 5.69 Å². The molecule has 0 aliphatic heterocycles. The molecule has 0 fully saturated rings. The molecule has 114 valence electrons. The van der Waals surface area contributed by atoms with E-state index < -0.39 is 0 Å². The Labute approximate surface area is 135 Å². The number of pyridine rings is 1. The quantitative estimate of drug-likeness (QED) is 0.806. The van der Waals surface area contributed by atoms with Crippen LogP contribution in [0.2, 0.25) is 0 Å². The number of nitrogens with one attached hydrogen (secondary N) is 1. The number of aryl methyl sites for hydroxylation is 1. The van der Waals surface area contributed by atoms with Gasteiger partial charge in [0.1, 0.15) is 0 Å². The van der Waals surface area contributed by atoms with E-state index in [1.54, 1.807) is 6.20 Å². The van der Waals surface area contributed by atoms with E-state index in [4.69, 9.17) is 0 Å². The Morgan fingerprint density at radius 3 is 2.71 bits per heavy atom. The molecule has 0 aromatic carbocycles. The van der Waals surface area contributed by atoms with E-state index in [1.807, 2.05) is 16.8 Å². The Morgan fingerprint density at radius 1 is 1.33 bits per heavy atom. The number of nitrogens with zero attached hydrogens (tertiary/aromatic N) is 3. The first-order valence-corrected chi connectivity index (χ1v) is 8.22. The van der Waals surface area contributed by atoms with Gasteiger partial charge in [-0.2, -0.15) is 5.10 Å². The lowest BCUT2D eigenvalue weighted by Gasteiger charge is -2.13. The summed E-state index contributed by atoms with van der Waals surface area (Å²) in [5.74, 6) is 1.31. The van der Waals surface area contributed by atoms with Crippen LogP contribution in [0.1, 0.15) is 43.1 Å². The molecule has 0 radical (unpaired) electrons. The summed E-state index contributed by atoms with van der Waals surface area (Å²) in [6.07, 6.45) is 2.96. The molecule has 2 rings (SSSR count). The van der Waals surface area contributed by atoms with E-state index in [0.29, 0.717) is 5.92 Å². The molecule has 1 N–H and O–H groups in total. The molecular formula is C16H23BrN4. The number of aromatic nitrogens is 3. The Bertz CT molecular complexity index is 589. The van der Waals surface area contributed by atoms with Gasteiger partial charge in [-0.15, -0.1) is 0 Å². The SMILES string of the molecule is CCCNCC(C)c1c(C)nn(-c2ccc(Br)cn2)c1C. The number of hydrogen-bond donors (Lipinski definition) is 1. The maximum Gasteiger partial charge on any atom is 0.153 e. The van der Waals surface area contributed by atoms with E-state index in [9.17, 15) is 0 Å². The standard InChI is InChI=1S/C16H23BrN4/c1-5-8-18-9-11(2)16-12(3)20-21(13(16)4)15-7-6-14(17)10-19-15/h6-7,10-11,18H,5,8-9H2,1-4H3. The van der Waals surface area contributed by atoms with Crippen molar-refractivity contribution in [1.29, 1.82) is 0 Å². The van der Waals surface area contributed by atoms with Crippen LogP contribution in [-0.2, 0) is 0 Å². The second kappa shape index (κ2) is 7.18. The summed E-state index contributed by atoms with van der Waals surface area (Å²) >= 11 is 3.41. The summed E-state index contributed by atoms with van der Waals surface area (Å²) < 4.78 is 2.91. The van der Waals surface area contributed by atoms with Gasteiger partial charge in [0, 0.05) is 28.5 Å². The van der Waals surface area contributed by atoms with Gasteiger partial charge in [-0.3, -0.25) is 0 Å². The maximum atomic E-state index is 4.67. The van der Waals surface area contributed by atoms with Crippen molar-refractivity contribution in [3.63, 3.8) is 0 Å². The van der Waals surface area contributed by atoms with Crippen LogP contribution < -0.4 is 5.32 Å². The molecule has 0 saturated carbocycles. The molecule has 4 nitrogen and oxygen atoms in total.